The van der Waals surface area contributed by atoms with Crippen molar-refractivity contribution in [1.29, 1.82) is 0 Å². The van der Waals surface area contributed by atoms with Gasteiger partial charge in [-0.3, -0.25) is 19.2 Å². The number of aldehydes is 1. The van der Waals surface area contributed by atoms with Gasteiger partial charge in [-0.15, -0.1) is 0 Å². The molecule has 5 rings (SSSR count). The molecule has 2 aromatic rings. The van der Waals surface area contributed by atoms with E-state index in [9.17, 15) is 39.6 Å². The van der Waals surface area contributed by atoms with E-state index in [0.29, 0.717) is 37.9 Å². The van der Waals surface area contributed by atoms with E-state index in [2.05, 4.69) is 0 Å². The highest BCUT2D eigenvalue weighted by molar-refractivity contribution is 14.1. The molecule has 0 spiro atoms. The van der Waals surface area contributed by atoms with Crippen molar-refractivity contribution in [3.05, 3.63) is 67.2 Å². The van der Waals surface area contributed by atoms with E-state index >= 15 is 0 Å². The summed E-state index contributed by atoms with van der Waals surface area (Å²) in [7, 11) is 1.46. The SMILES string of the molecule is COc1ccc(C=O)cc1-c1cc(I)c(O)c2c1C[C@H]1C[C@H]3CC(O)=C(C(N)=O)C(=O)[C@@]3(O)C(O)=C1C2=O. The van der Waals surface area contributed by atoms with Crippen LogP contribution < -0.4 is 10.5 Å². The predicted molar refractivity (Wildman–Crippen MR) is 141 cm³/mol. The molecule has 6 N–H and O–H groups in total. The number of hydrogen-bond acceptors (Lipinski definition) is 9. The van der Waals surface area contributed by atoms with Crippen molar-refractivity contribution >= 4 is 46.4 Å². The number of amides is 1. The normalized spacial score (nSPS) is 24.5. The summed E-state index contributed by atoms with van der Waals surface area (Å²) < 4.78 is 5.80. The number of aliphatic hydroxyl groups is 3. The standard InChI is InChI=1S/C27H22INO9/c1-38-18-3-2-10(9-30)4-14(18)13-8-16(28)22(32)20-15(13)6-11-5-12-7-17(31)21(26(29)36)25(35)27(12,37)24(34)19(11)23(20)33/h2-4,8-9,11-12,31-32,34,37H,5-7H2,1H3,(H2,29,36)/t11-,12+,27+/m1/s1. The summed E-state index contributed by atoms with van der Waals surface area (Å²) in [6, 6.07) is 6.47. The second-order valence-corrected chi connectivity index (χ2v) is 10.8. The number of fused-ring (bicyclic) bond motifs is 3. The Bertz CT molecular complexity index is 1540. The van der Waals surface area contributed by atoms with Gasteiger partial charge in [-0.05, 0) is 76.7 Å². The number of ether oxygens (including phenoxy) is 1. The van der Waals surface area contributed by atoms with Crippen molar-refractivity contribution in [2.75, 3.05) is 7.11 Å². The highest BCUT2D eigenvalue weighted by Crippen LogP contribution is 2.53. The number of nitrogens with two attached hydrogens (primary N) is 1. The number of phenolic OH excluding ortho intramolecular Hbond substituents is 1. The third-order valence-corrected chi connectivity index (χ3v) is 8.49. The molecule has 1 amide bonds. The lowest BCUT2D eigenvalue weighted by atomic mass is 9.60. The molecule has 0 radical (unpaired) electrons. The van der Waals surface area contributed by atoms with Crippen LogP contribution in [0.4, 0.5) is 0 Å². The van der Waals surface area contributed by atoms with E-state index in [4.69, 9.17) is 10.5 Å². The fourth-order valence-electron chi connectivity index (χ4n) is 5.90. The maximum atomic E-state index is 13.9. The van der Waals surface area contributed by atoms with E-state index in [0.717, 1.165) is 0 Å². The Morgan fingerprint density at radius 1 is 1.16 bits per heavy atom. The number of Topliss-reactive ketones (excluding diaryl/α,β-unsaturated/α-hetero) is 2. The Morgan fingerprint density at radius 3 is 2.50 bits per heavy atom. The lowest BCUT2D eigenvalue weighted by Crippen LogP contribution is -2.57. The summed E-state index contributed by atoms with van der Waals surface area (Å²) >= 11 is 1.86. The molecule has 0 aliphatic heterocycles. The van der Waals surface area contributed by atoms with Crippen LogP contribution >= 0.6 is 22.6 Å². The van der Waals surface area contributed by atoms with Gasteiger partial charge in [0.05, 0.1) is 16.2 Å². The Kier molecular flexibility index (Phi) is 6.10. The number of aliphatic hydroxyl groups excluding tert-OH is 2. The second kappa shape index (κ2) is 8.95. The van der Waals surface area contributed by atoms with Crippen LogP contribution in [0.2, 0.25) is 0 Å². The predicted octanol–water partition coefficient (Wildman–Crippen LogP) is 2.67. The number of rotatable bonds is 4. The van der Waals surface area contributed by atoms with Crippen LogP contribution in [0.15, 0.2) is 46.9 Å². The number of carbonyl (C=O) groups excluding carboxylic acids is 4. The number of carbonyl (C=O) groups is 4. The van der Waals surface area contributed by atoms with Crippen LogP contribution in [0.1, 0.15) is 39.1 Å². The molecule has 0 unspecified atom stereocenters. The average molecular weight is 631 g/mol. The number of aromatic hydroxyl groups is 1. The number of allylic oxidation sites excluding steroid dienone is 2. The molecule has 0 saturated carbocycles. The monoisotopic (exact) mass is 631 g/mol. The van der Waals surface area contributed by atoms with Crippen LogP contribution in [0.25, 0.3) is 11.1 Å². The molecule has 0 fully saturated rings. The summed E-state index contributed by atoms with van der Waals surface area (Å²) in [5.74, 6) is -6.43. The molecular weight excluding hydrogens is 609 g/mol. The maximum Gasteiger partial charge on any atom is 0.255 e. The van der Waals surface area contributed by atoms with E-state index < -0.39 is 52.0 Å². The second-order valence-electron chi connectivity index (χ2n) is 9.60. The maximum absolute atomic E-state index is 13.9. The fourth-order valence-corrected chi connectivity index (χ4v) is 6.49. The molecule has 0 heterocycles. The number of hydrogen-bond donors (Lipinski definition) is 5. The Labute approximate surface area is 229 Å². The molecule has 0 bridgehead atoms. The number of phenols is 1. The van der Waals surface area contributed by atoms with Gasteiger partial charge in [0.25, 0.3) is 5.91 Å². The minimum Gasteiger partial charge on any atom is -0.511 e. The van der Waals surface area contributed by atoms with Gasteiger partial charge in [-0.1, -0.05) is 0 Å². The molecule has 196 valence electrons. The quantitative estimate of drug-likeness (QED) is 0.192. The molecule has 2 aromatic carbocycles. The first-order valence-corrected chi connectivity index (χ1v) is 12.7. The summed E-state index contributed by atoms with van der Waals surface area (Å²) in [5, 5.41) is 43.8. The molecule has 3 atom stereocenters. The van der Waals surface area contributed by atoms with Gasteiger partial charge >= 0.3 is 0 Å². The minimum absolute atomic E-state index is 0.0145. The Morgan fingerprint density at radius 2 is 1.87 bits per heavy atom. The number of halogens is 1. The molecule has 3 aliphatic carbocycles. The van der Waals surface area contributed by atoms with Crippen molar-refractivity contribution in [3.63, 3.8) is 0 Å². The molecule has 11 heteroatoms. The lowest BCUT2D eigenvalue weighted by Gasteiger charge is -2.45. The first-order chi connectivity index (χ1) is 17.9. The first-order valence-electron chi connectivity index (χ1n) is 11.6. The van der Waals surface area contributed by atoms with E-state index in [1.807, 2.05) is 22.6 Å². The fraction of sp³-hybridized carbons (Fsp3) is 0.259. The van der Waals surface area contributed by atoms with Gasteiger partial charge in [0, 0.05) is 29.0 Å². The highest BCUT2D eigenvalue weighted by atomic mass is 127. The van der Waals surface area contributed by atoms with Crippen LogP contribution in [0.5, 0.6) is 11.5 Å². The smallest absolute Gasteiger partial charge is 0.255 e. The lowest BCUT2D eigenvalue weighted by molar-refractivity contribution is -0.144. The Hall–Kier alpha value is -3.71. The van der Waals surface area contributed by atoms with Crippen molar-refractivity contribution in [3.8, 4) is 22.6 Å². The van der Waals surface area contributed by atoms with Crippen LogP contribution in [0, 0.1) is 15.4 Å². The number of primary amides is 1. The third kappa shape index (κ3) is 3.48. The van der Waals surface area contributed by atoms with Gasteiger partial charge < -0.3 is 30.9 Å². The molecule has 38 heavy (non-hydrogen) atoms. The van der Waals surface area contributed by atoms with Gasteiger partial charge in [0.15, 0.2) is 11.4 Å². The zero-order valence-electron chi connectivity index (χ0n) is 19.9. The highest BCUT2D eigenvalue weighted by Gasteiger charge is 2.59. The van der Waals surface area contributed by atoms with Crippen LogP contribution in [-0.4, -0.2) is 56.9 Å². The zero-order valence-corrected chi connectivity index (χ0v) is 22.1. The van der Waals surface area contributed by atoms with E-state index in [1.54, 1.807) is 24.3 Å². The molecule has 10 nitrogen and oxygen atoms in total. The van der Waals surface area contributed by atoms with Crippen LogP contribution in [0.3, 0.4) is 0 Å². The topological polar surface area (TPSA) is 184 Å². The molecular formula is C27H22INO9. The summed E-state index contributed by atoms with van der Waals surface area (Å²) in [6.45, 7) is 0. The number of benzene rings is 2. The number of methoxy groups -OCH3 is 1. The third-order valence-electron chi connectivity index (χ3n) is 7.67. The van der Waals surface area contributed by atoms with Crippen molar-refractivity contribution in [2.24, 2.45) is 17.6 Å². The summed E-state index contributed by atoms with van der Waals surface area (Å²) in [6.07, 6.45) is 0.506. The van der Waals surface area contributed by atoms with Crippen molar-refractivity contribution < 1.29 is 44.3 Å². The zero-order chi connectivity index (χ0) is 27.7. The summed E-state index contributed by atoms with van der Waals surface area (Å²) in [5.41, 5.74) is 3.30. The first kappa shape index (κ1) is 25.9. The van der Waals surface area contributed by atoms with Crippen LogP contribution in [-0.2, 0) is 16.0 Å². The van der Waals surface area contributed by atoms with Crippen molar-refractivity contribution in [1.82, 2.24) is 0 Å². The van der Waals surface area contributed by atoms with E-state index in [1.165, 1.54) is 7.11 Å². The minimum atomic E-state index is -2.63. The largest absolute Gasteiger partial charge is 0.511 e. The Balaban J connectivity index is 1.74. The molecule has 0 aromatic heterocycles. The van der Waals surface area contributed by atoms with Gasteiger partial charge in [-0.2, -0.15) is 0 Å². The van der Waals surface area contributed by atoms with Gasteiger partial charge in [0.2, 0.25) is 5.78 Å². The van der Waals surface area contributed by atoms with Gasteiger partial charge in [-0.25, -0.2) is 0 Å². The molecule has 3 aliphatic rings. The molecule has 0 saturated heterocycles. The summed E-state index contributed by atoms with van der Waals surface area (Å²) in [4.78, 5) is 50.2. The van der Waals surface area contributed by atoms with E-state index in [-0.39, 0.29) is 36.1 Å². The van der Waals surface area contributed by atoms with Crippen molar-refractivity contribution in [2.45, 2.75) is 24.9 Å². The number of ketones is 2. The van der Waals surface area contributed by atoms with Gasteiger partial charge in [0.1, 0.15) is 34.9 Å². The average Bonchev–Trinajstić information content (AvgIpc) is 2.87.